The lowest BCUT2D eigenvalue weighted by molar-refractivity contribution is 0.101. The molecule has 0 N–H and O–H groups in total. The van der Waals surface area contributed by atoms with Gasteiger partial charge in [0.1, 0.15) is 17.5 Å². The van der Waals surface area contributed by atoms with Gasteiger partial charge in [-0.1, -0.05) is 0 Å². The molecule has 1 aliphatic heterocycles. The average molecular weight is 342 g/mol. The Morgan fingerprint density at radius 2 is 2.12 bits per heavy atom. The summed E-state index contributed by atoms with van der Waals surface area (Å²) in [6, 6.07) is 5.02. The third-order valence-electron chi connectivity index (χ3n) is 4.60. The van der Waals surface area contributed by atoms with E-state index in [1.165, 1.54) is 23.7 Å². The third-order valence-corrected chi connectivity index (χ3v) is 4.60. The summed E-state index contributed by atoms with van der Waals surface area (Å²) < 4.78 is 29.3. The van der Waals surface area contributed by atoms with Crippen molar-refractivity contribution in [1.29, 1.82) is 0 Å². The molecular weight excluding hydrogens is 326 g/mol. The second-order valence-electron chi connectivity index (χ2n) is 6.19. The Bertz CT molecular complexity index is 969. The number of hydrogen-bond donors (Lipinski definition) is 0. The number of nitrogens with zero attached hydrogens (tertiary/aromatic N) is 4. The topological polar surface area (TPSA) is 50.5 Å². The second-order valence-corrected chi connectivity index (χ2v) is 6.19. The van der Waals surface area contributed by atoms with Crippen LogP contribution in [0.15, 0.2) is 36.7 Å². The van der Waals surface area contributed by atoms with Gasteiger partial charge in [0.05, 0.1) is 17.8 Å². The molecule has 3 aromatic rings. The van der Waals surface area contributed by atoms with E-state index in [-0.39, 0.29) is 11.8 Å². The predicted molar refractivity (Wildman–Crippen MR) is 88.7 cm³/mol. The van der Waals surface area contributed by atoms with Gasteiger partial charge in [-0.15, -0.1) is 0 Å². The van der Waals surface area contributed by atoms with Crippen molar-refractivity contribution >= 4 is 17.2 Å². The van der Waals surface area contributed by atoms with Crippen LogP contribution in [0.3, 0.4) is 0 Å². The van der Waals surface area contributed by atoms with E-state index in [1.807, 2.05) is 4.90 Å². The highest BCUT2D eigenvalue weighted by Gasteiger charge is 2.30. The molecule has 0 saturated carbocycles. The number of fused-ring (bicyclic) bond motifs is 1. The average Bonchev–Trinajstić information content (AvgIpc) is 3.22. The molecule has 3 heterocycles. The summed E-state index contributed by atoms with van der Waals surface area (Å²) in [5, 5.41) is 4.12. The zero-order valence-corrected chi connectivity index (χ0v) is 13.6. The lowest BCUT2D eigenvalue weighted by Gasteiger charge is -2.26. The quantitative estimate of drug-likeness (QED) is 0.683. The van der Waals surface area contributed by atoms with E-state index in [4.69, 9.17) is 0 Å². The highest BCUT2D eigenvalue weighted by Crippen LogP contribution is 2.36. The number of benzene rings is 1. The highest BCUT2D eigenvalue weighted by atomic mass is 19.1. The van der Waals surface area contributed by atoms with Crippen molar-refractivity contribution < 1.29 is 13.6 Å². The van der Waals surface area contributed by atoms with E-state index in [0.717, 1.165) is 18.6 Å². The van der Waals surface area contributed by atoms with Gasteiger partial charge in [-0.05, 0) is 44.0 Å². The molecule has 0 aliphatic carbocycles. The number of halogens is 2. The smallest absolute Gasteiger partial charge is 0.168 e. The Labute approximate surface area is 142 Å². The molecule has 0 unspecified atom stereocenters. The molecule has 1 aromatic carbocycles. The largest absolute Gasteiger partial charge is 0.349 e. The zero-order valence-electron chi connectivity index (χ0n) is 13.6. The first kappa shape index (κ1) is 15.7. The fourth-order valence-corrected chi connectivity index (χ4v) is 3.40. The van der Waals surface area contributed by atoms with Crippen molar-refractivity contribution in [2.75, 3.05) is 11.4 Å². The molecule has 0 spiro atoms. The number of carbonyl (C=O) groups is 1. The minimum absolute atomic E-state index is 0.117. The van der Waals surface area contributed by atoms with Gasteiger partial charge in [0.15, 0.2) is 11.4 Å². The Balaban J connectivity index is 1.77. The number of ketones is 1. The van der Waals surface area contributed by atoms with Crippen molar-refractivity contribution in [2.45, 2.75) is 25.8 Å². The second kappa shape index (κ2) is 5.91. The summed E-state index contributed by atoms with van der Waals surface area (Å²) in [5.41, 5.74) is 1.24. The van der Waals surface area contributed by atoms with Crippen LogP contribution in [0.4, 0.5) is 14.6 Å². The highest BCUT2D eigenvalue weighted by molar-refractivity contribution is 5.99. The van der Waals surface area contributed by atoms with Gasteiger partial charge < -0.3 is 4.90 Å². The number of hydrogen-bond acceptors (Lipinski definition) is 4. The van der Waals surface area contributed by atoms with Crippen molar-refractivity contribution in [3.8, 4) is 0 Å². The van der Waals surface area contributed by atoms with Crippen molar-refractivity contribution in [3.05, 3.63) is 59.4 Å². The standard InChI is InChI=1S/C18H16F2N4O/c1-11(25)14-10-21-24-8-6-17(22-18(14)24)23-7-2-3-16(23)13-9-12(19)4-5-15(13)20/h4-6,8-10,16H,2-3,7H2,1H3/t16-/m1/s1. The molecule has 1 aliphatic rings. The maximum Gasteiger partial charge on any atom is 0.168 e. The first-order chi connectivity index (χ1) is 12.0. The molecule has 0 bridgehead atoms. The summed E-state index contributed by atoms with van der Waals surface area (Å²) in [7, 11) is 0. The van der Waals surface area contributed by atoms with E-state index >= 15 is 0 Å². The Kier molecular flexibility index (Phi) is 3.71. The van der Waals surface area contributed by atoms with Crippen LogP contribution in [-0.2, 0) is 0 Å². The van der Waals surface area contributed by atoms with Crippen molar-refractivity contribution in [2.24, 2.45) is 0 Å². The van der Waals surface area contributed by atoms with Gasteiger partial charge in [0.25, 0.3) is 0 Å². The summed E-state index contributed by atoms with van der Waals surface area (Å²) in [6.07, 6.45) is 4.78. The zero-order chi connectivity index (χ0) is 17.6. The summed E-state index contributed by atoms with van der Waals surface area (Å²) in [5.74, 6) is -0.370. The molecule has 1 atom stereocenters. The Morgan fingerprint density at radius 1 is 1.28 bits per heavy atom. The monoisotopic (exact) mass is 342 g/mol. The molecule has 0 radical (unpaired) electrons. The van der Waals surface area contributed by atoms with E-state index in [9.17, 15) is 13.6 Å². The maximum atomic E-state index is 14.2. The molecule has 1 fully saturated rings. The van der Waals surface area contributed by atoms with Crippen molar-refractivity contribution in [1.82, 2.24) is 14.6 Å². The van der Waals surface area contributed by atoms with E-state index in [0.29, 0.717) is 35.6 Å². The van der Waals surface area contributed by atoms with Crippen LogP contribution in [0.1, 0.15) is 41.7 Å². The van der Waals surface area contributed by atoms with E-state index < -0.39 is 11.6 Å². The fourth-order valence-electron chi connectivity index (χ4n) is 3.40. The van der Waals surface area contributed by atoms with E-state index in [2.05, 4.69) is 10.1 Å². The molecular formula is C18H16F2N4O. The van der Waals surface area contributed by atoms with E-state index in [1.54, 1.807) is 12.3 Å². The summed E-state index contributed by atoms with van der Waals surface area (Å²) in [4.78, 5) is 18.2. The summed E-state index contributed by atoms with van der Waals surface area (Å²) in [6.45, 7) is 2.15. The molecule has 7 heteroatoms. The van der Waals surface area contributed by atoms with Crippen LogP contribution in [0.25, 0.3) is 5.65 Å². The van der Waals surface area contributed by atoms with Crippen LogP contribution in [0.5, 0.6) is 0 Å². The Morgan fingerprint density at radius 3 is 2.92 bits per heavy atom. The number of anilines is 1. The SMILES string of the molecule is CC(=O)c1cnn2ccc(N3CCC[C@@H]3c3cc(F)ccc3F)nc12. The molecule has 25 heavy (non-hydrogen) atoms. The van der Waals surface area contributed by atoms with Gasteiger partial charge in [0.2, 0.25) is 0 Å². The molecule has 4 rings (SSSR count). The number of rotatable bonds is 3. The first-order valence-electron chi connectivity index (χ1n) is 8.11. The van der Waals surface area contributed by atoms with Gasteiger partial charge >= 0.3 is 0 Å². The lowest BCUT2D eigenvalue weighted by Crippen LogP contribution is -2.24. The Hall–Kier alpha value is -2.83. The van der Waals surface area contributed by atoms with Crippen LogP contribution in [-0.4, -0.2) is 26.9 Å². The van der Waals surface area contributed by atoms with Gasteiger partial charge in [-0.2, -0.15) is 5.10 Å². The molecule has 2 aromatic heterocycles. The van der Waals surface area contributed by atoms with Crippen LogP contribution < -0.4 is 4.90 Å². The summed E-state index contributed by atoms with van der Waals surface area (Å²) >= 11 is 0. The maximum absolute atomic E-state index is 14.2. The molecule has 128 valence electrons. The fraction of sp³-hybridized carbons (Fsp3) is 0.278. The van der Waals surface area contributed by atoms with Crippen LogP contribution in [0, 0.1) is 11.6 Å². The van der Waals surface area contributed by atoms with Crippen molar-refractivity contribution in [3.63, 3.8) is 0 Å². The van der Waals surface area contributed by atoms with Gasteiger partial charge in [-0.3, -0.25) is 4.79 Å². The predicted octanol–water partition coefficient (Wildman–Crippen LogP) is 3.55. The first-order valence-corrected chi connectivity index (χ1v) is 8.11. The minimum atomic E-state index is -0.457. The molecule has 5 nitrogen and oxygen atoms in total. The number of Topliss-reactive ketones (excluding diaryl/α,β-unsaturated/α-hetero) is 1. The van der Waals surface area contributed by atoms with Crippen LogP contribution >= 0.6 is 0 Å². The van der Waals surface area contributed by atoms with Gasteiger partial charge in [-0.25, -0.2) is 18.3 Å². The normalized spacial score (nSPS) is 17.4. The van der Waals surface area contributed by atoms with Crippen LogP contribution in [0.2, 0.25) is 0 Å². The molecule has 0 amide bonds. The third kappa shape index (κ3) is 2.65. The number of carbonyl (C=O) groups excluding carboxylic acids is 1. The lowest BCUT2D eigenvalue weighted by atomic mass is 10.0. The van der Waals surface area contributed by atoms with Gasteiger partial charge in [0, 0.05) is 18.3 Å². The molecule has 1 saturated heterocycles. The minimum Gasteiger partial charge on any atom is -0.349 e. The number of aromatic nitrogens is 3.